The fourth-order valence-corrected chi connectivity index (χ4v) is 3.94. The molecule has 1 N–H and O–H groups in total. The van der Waals surface area contributed by atoms with Crippen LogP contribution in [0.5, 0.6) is 0 Å². The van der Waals surface area contributed by atoms with Crippen molar-refractivity contribution in [1.29, 1.82) is 0 Å². The van der Waals surface area contributed by atoms with Crippen LogP contribution in [0.2, 0.25) is 0 Å². The van der Waals surface area contributed by atoms with Crippen LogP contribution in [0.25, 0.3) is 0 Å². The number of rotatable bonds is 5. The van der Waals surface area contributed by atoms with Gasteiger partial charge in [-0.1, -0.05) is 11.8 Å². The minimum absolute atomic E-state index is 0.226. The van der Waals surface area contributed by atoms with Gasteiger partial charge < -0.3 is 14.4 Å². The van der Waals surface area contributed by atoms with Crippen LogP contribution in [0.3, 0.4) is 0 Å². The number of hydrogen-bond acceptors (Lipinski definition) is 6. The first-order chi connectivity index (χ1) is 12.9. The molecule has 0 spiro atoms. The number of carboxylic acids is 1. The second kappa shape index (κ2) is 7.79. The summed E-state index contributed by atoms with van der Waals surface area (Å²) in [5, 5.41) is 10.7. The van der Waals surface area contributed by atoms with Crippen molar-refractivity contribution in [2.75, 3.05) is 6.61 Å². The number of thioether (sulfide) groups is 1. The summed E-state index contributed by atoms with van der Waals surface area (Å²) in [7, 11) is 0. The predicted octanol–water partition coefficient (Wildman–Crippen LogP) is 3.12. The lowest BCUT2D eigenvalue weighted by molar-refractivity contribution is 0.0526. The highest BCUT2D eigenvalue weighted by Gasteiger charge is 2.27. The third kappa shape index (κ3) is 3.80. The SMILES string of the molecule is CCOC(=O)c1ccc(/N=C2\Cc3c(n(CC)cc(C(=O)O)c3=O)S2)cc1. The van der Waals surface area contributed by atoms with Crippen molar-refractivity contribution < 1.29 is 19.4 Å². The van der Waals surface area contributed by atoms with E-state index in [1.165, 1.54) is 18.0 Å². The van der Waals surface area contributed by atoms with Gasteiger partial charge in [-0.25, -0.2) is 14.6 Å². The van der Waals surface area contributed by atoms with E-state index in [0.29, 0.717) is 41.4 Å². The van der Waals surface area contributed by atoms with Crippen LogP contribution in [-0.4, -0.2) is 33.3 Å². The van der Waals surface area contributed by atoms with E-state index < -0.39 is 11.4 Å². The zero-order chi connectivity index (χ0) is 19.6. The lowest BCUT2D eigenvalue weighted by atomic mass is 10.1. The number of carbonyl (C=O) groups excluding carboxylic acids is 1. The molecule has 3 rings (SSSR count). The molecule has 0 radical (unpaired) electrons. The predicted molar refractivity (Wildman–Crippen MR) is 102 cm³/mol. The van der Waals surface area contributed by atoms with Gasteiger partial charge in [0.15, 0.2) is 0 Å². The van der Waals surface area contributed by atoms with Gasteiger partial charge >= 0.3 is 11.9 Å². The number of pyridine rings is 1. The molecule has 0 saturated carbocycles. The molecular weight excluding hydrogens is 368 g/mol. The van der Waals surface area contributed by atoms with Crippen LogP contribution >= 0.6 is 11.8 Å². The largest absolute Gasteiger partial charge is 0.477 e. The van der Waals surface area contributed by atoms with Gasteiger partial charge in [-0.2, -0.15) is 0 Å². The van der Waals surface area contributed by atoms with Gasteiger partial charge in [0.2, 0.25) is 5.43 Å². The number of hydrogen-bond donors (Lipinski definition) is 1. The van der Waals surface area contributed by atoms with Gasteiger partial charge in [0.25, 0.3) is 0 Å². The summed E-state index contributed by atoms with van der Waals surface area (Å²) in [6, 6.07) is 6.69. The molecule has 1 aliphatic rings. The molecule has 0 bridgehead atoms. The van der Waals surface area contributed by atoms with Gasteiger partial charge in [-0.05, 0) is 38.1 Å². The van der Waals surface area contributed by atoms with Crippen LogP contribution < -0.4 is 5.43 Å². The van der Waals surface area contributed by atoms with Gasteiger partial charge in [-0.3, -0.25) is 4.79 Å². The molecule has 0 amide bonds. The molecule has 1 aromatic carbocycles. The Morgan fingerprint density at radius 2 is 1.96 bits per heavy atom. The van der Waals surface area contributed by atoms with Crippen LogP contribution in [0.15, 0.2) is 45.3 Å². The van der Waals surface area contributed by atoms with Crippen LogP contribution in [0, 0.1) is 0 Å². The molecule has 27 heavy (non-hydrogen) atoms. The van der Waals surface area contributed by atoms with E-state index >= 15 is 0 Å². The van der Waals surface area contributed by atoms with E-state index in [-0.39, 0.29) is 11.5 Å². The third-order valence-corrected chi connectivity index (χ3v) is 5.21. The van der Waals surface area contributed by atoms with Crippen LogP contribution in [-0.2, 0) is 17.7 Å². The molecule has 140 valence electrons. The Balaban J connectivity index is 1.90. The number of nitrogens with zero attached hydrogens (tertiary/aromatic N) is 2. The molecule has 8 heteroatoms. The van der Waals surface area contributed by atoms with E-state index in [0.717, 1.165) is 5.03 Å². The second-order valence-corrected chi connectivity index (χ2v) is 6.86. The van der Waals surface area contributed by atoms with Crippen LogP contribution in [0.4, 0.5) is 5.69 Å². The van der Waals surface area contributed by atoms with Crippen molar-refractivity contribution in [1.82, 2.24) is 4.57 Å². The molecule has 0 unspecified atom stereocenters. The molecule has 2 aromatic rings. The molecule has 0 atom stereocenters. The first-order valence-corrected chi connectivity index (χ1v) is 9.28. The zero-order valence-corrected chi connectivity index (χ0v) is 15.7. The number of aromatic nitrogens is 1. The summed E-state index contributed by atoms with van der Waals surface area (Å²) in [6.45, 7) is 4.50. The summed E-state index contributed by atoms with van der Waals surface area (Å²) >= 11 is 1.36. The van der Waals surface area contributed by atoms with Gasteiger partial charge in [0.1, 0.15) is 5.56 Å². The number of carboxylic acid groups (broad SMARTS) is 1. The second-order valence-electron chi connectivity index (χ2n) is 5.80. The van der Waals surface area contributed by atoms with Gasteiger partial charge in [0.05, 0.1) is 27.9 Å². The summed E-state index contributed by atoms with van der Waals surface area (Å²) in [6.07, 6.45) is 1.67. The quantitative estimate of drug-likeness (QED) is 0.793. The van der Waals surface area contributed by atoms with Crippen molar-refractivity contribution in [2.45, 2.75) is 31.8 Å². The number of fused-ring (bicyclic) bond motifs is 1. The molecule has 0 saturated heterocycles. The van der Waals surface area contributed by atoms with Crippen molar-refractivity contribution in [3.05, 3.63) is 57.4 Å². The third-order valence-electron chi connectivity index (χ3n) is 4.07. The Morgan fingerprint density at radius 3 is 2.56 bits per heavy atom. The topological polar surface area (TPSA) is 98.0 Å². The van der Waals surface area contributed by atoms with Crippen molar-refractivity contribution in [2.24, 2.45) is 4.99 Å². The number of ether oxygens (including phenoxy) is 1. The first kappa shape index (κ1) is 18.9. The highest BCUT2D eigenvalue weighted by atomic mass is 32.2. The lowest BCUT2D eigenvalue weighted by Crippen LogP contribution is -2.22. The average molecular weight is 386 g/mol. The number of aliphatic imine (C=N–C) groups is 1. The minimum atomic E-state index is -1.23. The van der Waals surface area contributed by atoms with Gasteiger partial charge in [-0.15, -0.1) is 0 Å². The minimum Gasteiger partial charge on any atom is -0.477 e. The molecule has 1 aliphatic heterocycles. The summed E-state index contributed by atoms with van der Waals surface area (Å²) in [4.78, 5) is 40.0. The number of esters is 1. The molecule has 7 nitrogen and oxygen atoms in total. The molecular formula is C19H18N2O5S. The Hall–Kier alpha value is -2.87. The fraction of sp³-hybridized carbons (Fsp3) is 0.263. The van der Waals surface area contributed by atoms with E-state index in [2.05, 4.69) is 4.99 Å². The number of aryl methyl sites for hydroxylation is 1. The molecule has 0 aliphatic carbocycles. The maximum atomic E-state index is 12.4. The maximum Gasteiger partial charge on any atom is 0.341 e. The molecule has 1 aromatic heterocycles. The van der Waals surface area contributed by atoms with Crippen molar-refractivity contribution in [3.8, 4) is 0 Å². The Kier molecular flexibility index (Phi) is 5.46. The first-order valence-electron chi connectivity index (χ1n) is 8.46. The normalized spacial score (nSPS) is 14.2. The van der Waals surface area contributed by atoms with Crippen molar-refractivity contribution in [3.63, 3.8) is 0 Å². The molecule has 2 heterocycles. The Morgan fingerprint density at radius 1 is 1.26 bits per heavy atom. The number of aromatic carboxylic acids is 1. The average Bonchev–Trinajstić information content (AvgIpc) is 3.07. The van der Waals surface area contributed by atoms with E-state index in [1.54, 1.807) is 35.8 Å². The maximum absolute atomic E-state index is 12.4. The Labute approximate surface area is 159 Å². The standard InChI is InChI=1S/C19H18N2O5S/c1-3-21-10-14(18(23)24)16(22)13-9-15(27-17(13)21)20-12-7-5-11(6-8-12)19(25)26-4-2/h5-8,10H,3-4,9H2,1-2H3,(H,23,24)/b20-15+. The number of benzene rings is 1. The summed E-state index contributed by atoms with van der Waals surface area (Å²) in [5.41, 5.74) is 0.865. The Bertz CT molecular complexity index is 992. The highest BCUT2D eigenvalue weighted by molar-refractivity contribution is 8.14. The van der Waals surface area contributed by atoms with Crippen LogP contribution in [0.1, 0.15) is 40.1 Å². The van der Waals surface area contributed by atoms with E-state index in [4.69, 9.17) is 4.74 Å². The lowest BCUT2D eigenvalue weighted by Gasteiger charge is -2.09. The van der Waals surface area contributed by atoms with Gasteiger partial charge in [0, 0.05) is 24.7 Å². The van der Waals surface area contributed by atoms with E-state index in [1.807, 2.05) is 6.92 Å². The number of carbonyl (C=O) groups is 2. The fourth-order valence-electron chi connectivity index (χ4n) is 2.76. The van der Waals surface area contributed by atoms with Crippen molar-refractivity contribution >= 4 is 34.4 Å². The van der Waals surface area contributed by atoms with E-state index in [9.17, 15) is 19.5 Å². The monoisotopic (exact) mass is 386 g/mol. The molecule has 0 fully saturated rings. The smallest absolute Gasteiger partial charge is 0.341 e. The summed E-state index contributed by atoms with van der Waals surface area (Å²) in [5.74, 6) is -1.62. The summed E-state index contributed by atoms with van der Waals surface area (Å²) < 4.78 is 6.71. The zero-order valence-electron chi connectivity index (χ0n) is 14.9. The highest BCUT2D eigenvalue weighted by Crippen LogP contribution is 2.33.